The number of hydrogen-bond acceptors (Lipinski definition) is 8. The Kier molecular flexibility index (Phi) is 8.79. The highest BCUT2D eigenvalue weighted by molar-refractivity contribution is 6.15. The fourth-order valence-corrected chi connectivity index (χ4v) is 3.04. The molecule has 0 aliphatic heterocycles. The normalized spacial score (nSPS) is 10.3. The lowest BCUT2D eigenvalue weighted by Crippen LogP contribution is -2.31. The van der Waals surface area contributed by atoms with Crippen LogP contribution in [0.2, 0.25) is 0 Å². The first kappa shape index (κ1) is 24.5. The molecule has 0 aliphatic carbocycles. The average Bonchev–Trinajstić information content (AvgIpc) is 2.89. The predicted molar refractivity (Wildman–Crippen MR) is 128 cm³/mol. The van der Waals surface area contributed by atoms with E-state index in [1.165, 1.54) is 13.3 Å². The molecule has 178 valence electrons. The molecule has 2 N–H and O–H groups in total. The van der Waals surface area contributed by atoms with Gasteiger partial charge in [-0.1, -0.05) is 32.0 Å². The van der Waals surface area contributed by atoms with Gasteiger partial charge in [0.2, 0.25) is 11.8 Å². The van der Waals surface area contributed by atoms with Crippen molar-refractivity contribution in [2.24, 2.45) is 0 Å². The van der Waals surface area contributed by atoms with E-state index in [4.69, 9.17) is 14.2 Å². The molecule has 0 atom stereocenters. The number of hydrogen-bond donors (Lipinski definition) is 2. The Bertz CT molecular complexity index is 1140. The summed E-state index contributed by atoms with van der Waals surface area (Å²) in [5.74, 6) is 0.750. The summed E-state index contributed by atoms with van der Waals surface area (Å²) < 4.78 is 16.6. The fourth-order valence-electron chi connectivity index (χ4n) is 3.04. The topological polar surface area (TPSA) is 112 Å². The molecule has 3 aromatic rings. The molecule has 1 amide bonds. The Labute approximate surface area is 198 Å². The minimum atomic E-state index is -0.513. The number of ether oxygens (including phenoxy) is 3. The van der Waals surface area contributed by atoms with Crippen molar-refractivity contribution in [3.63, 3.8) is 0 Å². The third-order valence-electron chi connectivity index (χ3n) is 4.67. The van der Waals surface area contributed by atoms with Gasteiger partial charge in [0, 0.05) is 23.4 Å². The summed E-state index contributed by atoms with van der Waals surface area (Å²) in [4.78, 5) is 34.3. The second-order valence-electron chi connectivity index (χ2n) is 7.23. The fraction of sp³-hybridized carbons (Fsp3) is 0.280. The maximum atomic E-state index is 13.3. The molecule has 0 saturated heterocycles. The quantitative estimate of drug-likeness (QED) is 0.305. The van der Waals surface area contributed by atoms with Crippen LogP contribution in [0.15, 0.2) is 54.7 Å². The summed E-state index contributed by atoms with van der Waals surface area (Å²) in [5, 5.41) is 0. The number of anilines is 1. The van der Waals surface area contributed by atoms with Crippen LogP contribution in [0.4, 0.5) is 5.95 Å². The number of carbonyl (C=O) groups is 2. The zero-order valence-electron chi connectivity index (χ0n) is 19.5. The van der Waals surface area contributed by atoms with Gasteiger partial charge in [-0.25, -0.2) is 4.98 Å². The molecule has 34 heavy (non-hydrogen) atoms. The molecule has 1 aromatic heterocycles. The molecule has 9 heteroatoms. The minimum absolute atomic E-state index is 0.150. The number of ketones is 1. The van der Waals surface area contributed by atoms with Gasteiger partial charge in [0.05, 0.1) is 25.9 Å². The minimum Gasteiger partial charge on any atom is -0.490 e. The van der Waals surface area contributed by atoms with E-state index in [9.17, 15) is 9.59 Å². The highest BCUT2D eigenvalue weighted by atomic mass is 16.5. The number of carbonyl (C=O) groups excluding carboxylic acids is 2. The number of hydrazine groups is 1. The van der Waals surface area contributed by atoms with Gasteiger partial charge in [-0.05, 0) is 37.1 Å². The molecule has 0 bridgehead atoms. The van der Waals surface area contributed by atoms with Crippen LogP contribution >= 0.6 is 0 Å². The zero-order valence-corrected chi connectivity index (χ0v) is 19.5. The number of nitrogens with zero attached hydrogens (tertiary/aromatic N) is 2. The molecule has 3 rings (SSSR count). The largest absolute Gasteiger partial charge is 0.490 e. The van der Waals surface area contributed by atoms with Crippen molar-refractivity contribution in [2.45, 2.75) is 26.7 Å². The molecule has 0 saturated carbocycles. The van der Waals surface area contributed by atoms with Crippen LogP contribution in [0, 0.1) is 0 Å². The zero-order chi connectivity index (χ0) is 24.3. The van der Waals surface area contributed by atoms with Crippen molar-refractivity contribution < 1.29 is 23.8 Å². The molecule has 0 unspecified atom stereocenters. The van der Waals surface area contributed by atoms with Crippen molar-refractivity contribution in [3.05, 3.63) is 71.4 Å². The summed E-state index contributed by atoms with van der Waals surface area (Å²) in [7, 11) is 1.48. The molecule has 1 heterocycles. The van der Waals surface area contributed by atoms with Gasteiger partial charge in [-0.3, -0.25) is 20.4 Å². The maximum absolute atomic E-state index is 13.3. The van der Waals surface area contributed by atoms with E-state index < -0.39 is 5.91 Å². The third kappa shape index (κ3) is 6.22. The average molecular weight is 465 g/mol. The van der Waals surface area contributed by atoms with Crippen LogP contribution < -0.4 is 25.1 Å². The van der Waals surface area contributed by atoms with E-state index in [0.29, 0.717) is 36.2 Å². The van der Waals surface area contributed by atoms with E-state index in [-0.39, 0.29) is 22.9 Å². The lowest BCUT2D eigenvalue weighted by Gasteiger charge is -2.14. The van der Waals surface area contributed by atoms with Crippen molar-refractivity contribution in [3.8, 4) is 17.4 Å². The molecule has 0 fully saturated rings. The van der Waals surface area contributed by atoms with E-state index in [1.807, 2.05) is 13.8 Å². The standard InChI is InChI=1S/C25H28N4O5/c1-4-14-33-20-11-10-17(16-21(20)34-15-5-2)23(30)18-8-6-7-9-19(18)24(31)28-29-25-26-13-12-22(27-25)32-3/h6-13,16H,4-5,14-15H2,1-3H3,(H,28,31)(H,26,27,29). The van der Waals surface area contributed by atoms with Crippen LogP contribution in [0.25, 0.3) is 0 Å². The lowest BCUT2D eigenvalue weighted by atomic mass is 9.97. The Morgan fingerprint density at radius 2 is 1.62 bits per heavy atom. The van der Waals surface area contributed by atoms with E-state index >= 15 is 0 Å². The van der Waals surface area contributed by atoms with Crippen LogP contribution in [0.3, 0.4) is 0 Å². The number of methoxy groups -OCH3 is 1. The van der Waals surface area contributed by atoms with Gasteiger partial charge in [0.25, 0.3) is 5.91 Å². The highest BCUT2D eigenvalue weighted by Crippen LogP contribution is 2.30. The van der Waals surface area contributed by atoms with Crippen LogP contribution in [-0.2, 0) is 0 Å². The van der Waals surface area contributed by atoms with Gasteiger partial charge in [0.15, 0.2) is 17.3 Å². The SMILES string of the molecule is CCCOc1ccc(C(=O)c2ccccc2C(=O)NNc2nccc(OC)n2)cc1OCCC. The third-order valence-corrected chi connectivity index (χ3v) is 4.67. The molecular weight excluding hydrogens is 436 g/mol. The van der Waals surface area contributed by atoms with E-state index in [2.05, 4.69) is 20.8 Å². The summed E-state index contributed by atoms with van der Waals surface area (Å²) in [5.41, 5.74) is 5.99. The summed E-state index contributed by atoms with van der Waals surface area (Å²) in [6.07, 6.45) is 3.16. The summed E-state index contributed by atoms with van der Waals surface area (Å²) in [6, 6.07) is 13.2. The van der Waals surface area contributed by atoms with Crippen LogP contribution in [0.1, 0.15) is 53.0 Å². The molecular formula is C25H28N4O5. The predicted octanol–water partition coefficient (Wildman–Crippen LogP) is 4.05. The molecule has 2 aromatic carbocycles. The van der Waals surface area contributed by atoms with E-state index in [0.717, 1.165) is 12.8 Å². The molecule has 9 nitrogen and oxygen atoms in total. The molecule has 0 spiro atoms. The number of nitrogens with one attached hydrogen (secondary N) is 2. The molecule has 0 radical (unpaired) electrons. The Morgan fingerprint density at radius 3 is 2.32 bits per heavy atom. The number of rotatable bonds is 12. The number of aromatic nitrogens is 2. The first-order chi connectivity index (χ1) is 16.6. The lowest BCUT2D eigenvalue weighted by molar-refractivity contribution is 0.0949. The summed E-state index contributed by atoms with van der Waals surface area (Å²) >= 11 is 0. The van der Waals surface area contributed by atoms with Crippen molar-refractivity contribution in [2.75, 3.05) is 25.7 Å². The number of amides is 1. The first-order valence-electron chi connectivity index (χ1n) is 11.0. The second kappa shape index (κ2) is 12.2. The van der Waals surface area contributed by atoms with Crippen LogP contribution in [-0.4, -0.2) is 42.0 Å². The van der Waals surface area contributed by atoms with Crippen molar-refractivity contribution in [1.29, 1.82) is 0 Å². The van der Waals surface area contributed by atoms with Crippen LogP contribution in [0.5, 0.6) is 17.4 Å². The number of benzene rings is 2. The second-order valence-corrected chi connectivity index (χ2v) is 7.23. The monoisotopic (exact) mass is 464 g/mol. The van der Waals surface area contributed by atoms with Gasteiger partial charge >= 0.3 is 0 Å². The summed E-state index contributed by atoms with van der Waals surface area (Å²) in [6.45, 7) is 5.06. The van der Waals surface area contributed by atoms with Gasteiger partial charge < -0.3 is 14.2 Å². The van der Waals surface area contributed by atoms with Crippen molar-refractivity contribution in [1.82, 2.24) is 15.4 Å². The Hall–Kier alpha value is -4.14. The van der Waals surface area contributed by atoms with E-state index in [1.54, 1.807) is 48.5 Å². The van der Waals surface area contributed by atoms with Crippen molar-refractivity contribution >= 4 is 17.6 Å². The molecule has 0 aliphatic rings. The van der Waals surface area contributed by atoms with Gasteiger partial charge in [0.1, 0.15) is 0 Å². The highest BCUT2D eigenvalue weighted by Gasteiger charge is 2.20. The maximum Gasteiger partial charge on any atom is 0.270 e. The van der Waals surface area contributed by atoms with Gasteiger partial charge in [-0.2, -0.15) is 4.98 Å². The first-order valence-corrected chi connectivity index (χ1v) is 11.0. The smallest absolute Gasteiger partial charge is 0.270 e. The Morgan fingerprint density at radius 1 is 0.912 bits per heavy atom. The van der Waals surface area contributed by atoms with Gasteiger partial charge in [-0.15, -0.1) is 0 Å². The Balaban J connectivity index is 1.82.